The van der Waals surface area contributed by atoms with Crippen molar-refractivity contribution in [2.45, 2.75) is 6.54 Å². The van der Waals surface area contributed by atoms with Gasteiger partial charge in [0.25, 0.3) is 0 Å². The molecular formula is C12H13ClN4O. The first-order valence-electron chi connectivity index (χ1n) is 5.38. The summed E-state index contributed by atoms with van der Waals surface area (Å²) >= 11 is 5.87. The number of amides is 1. The first-order chi connectivity index (χ1) is 8.58. The zero-order valence-electron chi connectivity index (χ0n) is 9.85. The van der Waals surface area contributed by atoms with Crippen molar-refractivity contribution in [1.82, 2.24) is 9.78 Å². The molecule has 0 saturated heterocycles. The van der Waals surface area contributed by atoms with E-state index in [9.17, 15) is 4.79 Å². The lowest BCUT2D eigenvalue weighted by molar-refractivity contribution is 0.100. The molecular weight excluding hydrogens is 252 g/mol. The molecule has 1 aromatic carbocycles. The number of aromatic nitrogens is 2. The average Bonchev–Trinajstić information content (AvgIpc) is 2.73. The van der Waals surface area contributed by atoms with Crippen molar-refractivity contribution >= 4 is 23.2 Å². The van der Waals surface area contributed by atoms with Gasteiger partial charge in [0.15, 0.2) is 0 Å². The minimum Gasteiger partial charge on any atom is -0.379 e. The van der Waals surface area contributed by atoms with Gasteiger partial charge in [-0.15, -0.1) is 0 Å². The summed E-state index contributed by atoms with van der Waals surface area (Å²) in [5.41, 5.74) is 7.36. The third-order valence-electron chi connectivity index (χ3n) is 2.63. The zero-order valence-corrected chi connectivity index (χ0v) is 10.6. The van der Waals surface area contributed by atoms with Crippen LogP contribution >= 0.6 is 11.6 Å². The molecule has 0 radical (unpaired) electrons. The van der Waals surface area contributed by atoms with E-state index in [1.807, 2.05) is 13.1 Å². The molecule has 0 aliphatic carbocycles. The van der Waals surface area contributed by atoms with E-state index in [-0.39, 0.29) is 0 Å². The number of anilines is 1. The number of primary amides is 1. The van der Waals surface area contributed by atoms with Crippen LogP contribution in [0.2, 0.25) is 5.02 Å². The normalized spacial score (nSPS) is 10.3. The van der Waals surface area contributed by atoms with Crippen molar-refractivity contribution in [3.8, 4) is 0 Å². The third-order valence-corrected chi connectivity index (χ3v) is 2.96. The molecule has 6 heteroatoms. The molecule has 1 heterocycles. The topological polar surface area (TPSA) is 72.9 Å². The van der Waals surface area contributed by atoms with Gasteiger partial charge in [-0.25, -0.2) is 0 Å². The molecule has 0 fully saturated rings. The minimum absolute atomic E-state index is 0.312. The van der Waals surface area contributed by atoms with Gasteiger partial charge >= 0.3 is 0 Å². The lowest BCUT2D eigenvalue weighted by atomic mass is 10.2. The van der Waals surface area contributed by atoms with Gasteiger partial charge in [-0.1, -0.05) is 11.6 Å². The second kappa shape index (κ2) is 5.10. The molecule has 1 aromatic heterocycles. The Labute approximate surface area is 110 Å². The van der Waals surface area contributed by atoms with Gasteiger partial charge in [0.2, 0.25) is 5.91 Å². The number of benzene rings is 1. The quantitative estimate of drug-likeness (QED) is 0.884. The number of rotatable bonds is 4. The van der Waals surface area contributed by atoms with Crippen LogP contribution in [0, 0.1) is 0 Å². The smallest absolute Gasteiger partial charge is 0.250 e. The Balaban J connectivity index is 2.13. The summed E-state index contributed by atoms with van der Waals surface area (Å²) in [5.74, 6) is -0.538. The molecule has 0 spiro atoms. The van der Waals surface area contributed by atoms with Gasteiger partial charge in [-0.3, -0.25) is 9.48 Å². The monoisotopic (exact) mass is 264 g/mol. The average molecular weight is 265 g/mol. The van der Waals surface area contributed by atoms with Crippen molar-refractivity contribution in [2.24, 2.45) is 12.8 Å². The van der Waals surface area contributed by atoms with Gasteiger partial charge in [0.1, 0.15) is 0 Å². The summed E-state index contributed by atoms with van der Waals surface area (Å²) in [7, 11) is 1.87. The predicted octanol–water partition coefficient (Wildman–Crippen LogP) is 1.78. The van der Waals surface area contributed by atoms with E-state index in [4.69, 9.17) is 17.3 Å². The van der Waals surface area contributed by atoms with E-state index >= 15 is 0 Å². The van der Waals surface area contributed by atoms with E-state index in [1.165, 1.54) is 0 Å². The minimum atomic E-state index is -0.538. The highest BCUT2D eigenvalue weighted by molar-refractivity contribution is 6.33. The number of hydrogen-bond donors (Lipinski definition) is 2. The highest BCUT2D eigenvalue weighted by atomic mass is 35.5. The molecule has 2 rings (SSSR count). The second-order valence-corrected chi connectivity index (χ2v) is 4.27. The lowest BCUT2D eigenvalue weighted by Gasteiger charge is -2.08. The van der Waals surface area contributed by atoms with Crippen molar-refractivity contribution in [1.29, 1.82) is 0 Å². The summed E-state index contributed by atoms with van der Waals surface area (Å²) in [6.45, 7) is 0.607. The summed E-state index contributed by atoms with van der Waals surface area (Å²) in [6, 6.07) is 7.00. The fourth-order valence-corrected chi connectivity index (χ4v) is 1.80. The number of carbonyl (C=O) groups excluding carboxylic acids is 1. The Morgan fingerprint density at radius 3 is 2.89 bits per heavy atom. The Morgan fingerprint density at radius 2 is 2.28 bits per heavy atom. The van der Waals surface area contributed by atoms with Gasteiger partial charge in [-0.2, -0.15) is 5.10 Å². The third kappa shape index (κ3) is 2.62. The largest absolute Gasteiger partial charge is 0.379 e. The predicted molar refractivity (Wildman–Crippen MR) is 70.5 cm³/mol. The Morgan fingerprint density at radius 1 is 1.50 bits per heavy atom. The number of nitrogens with one attached hydrogen (secondary N) is 1. The molecule has 2 aromatic rings. The van der Waals surface area contributed by atoms with Crippen molar-refractivity contribution in [3.05, 3.63) is 46.7 Å². The summed E-state index contributed by atoms with van der Waals surface area (Å²) in [4.78, 5) is 11.2. The highest BCUT2D eigenvalue weighted by Crippen LogP contribution is 2.20. The van der Waals surface area contributed by atoms with E-state index in [0.29, 0.717) is 17.1 Å². The molecule has 94 valence electrons. The maximum absolute atomic E-state index is 11.2. The Kier molecular flexibility index (Phi) is 3.53. The van der Waals surface area contributed by atoms with Crippen LogP contribution in [0.25, 0.3) is 0 Å². The van der Waals surface area contributed by atoms with Crippen LogP contribution in [-0.4, -0.2) is 15.7 Å². The maximum Gasteiger partial charge on any atom is 0.250 e. The standard InChI is InChI=1S/C12H13ClN4O/c1-17-9(4-5-16-17)7-15-8-2-3-11(13)10(6-8)12(14)18/h2-6,15H,7H2,1H3,(H2,14,18). The first kappa shape index (κ1) is 12.4. The molecule has 0 aliphatic heterocycles. The van der Waals surface area contributed by atoms with Crippen molar-refractivity contribution in [3.63, 3.8) is 0 Å². The number of nitrogens with two attached hydrogens (primary N) is 1. The highest BCUT2D eigenvalue weighted by Gasteiger charge is 2.07. The molecule has 0 bridgehead atoms. The second-order valence-electron chi connectivity index (χ2n) is 3.86. The Bertz CT molecular complexity index is 579. The molecule has 0 atom stereocenters. The number of aryl methyl sites for hydroxylation is 1. The van der Waals surface area contributed by atoms with Crippen LogP contribution in [0.3, 0.4) is 0 Å². The van der Waals surface area contributed by atoms with Crippen LogP contribution in [0.4, 0.5) is 5.69 Å². The van der Waals surface area contributed by atoms with E-state index in [1.54, 1.807) is 29.1 Å². The summed E-state index contributed by atoms with van der Waals surface area (Å²) in [5, 5.41) is 7.61. The lowest BCUT2D eigenvalue weighted by Crippen LogP contribution is -2.12. The molecule has 0 saturated carbocycles. The maximum atomic E-state index is 11.2. The SMILES string of the molecule is Cn1nccc1CNc1ccc(Cl)c(C(N)=O)c1. The summed E-state index contributed by atoms with van der Waals surface area (Å²) in [6.07, 6.45) is 1.73. The Hall–Kier alpha value is -2.01. The molecule has 3 N–H and O–H groups in total. The molecule has 1 amide bonds. The van der Waals surface area contributed by atoms with Crippen LogP contribution < -0.4 is 11.1 Å². The number of hydrogen-bond acceptors (Lipinski definition) is 3. The zero-order chi connectivity index (χ0) is 13.1. The number of halogens is 1. The number of nitrogens with zero attached hydrogens (tertiary/aromatic N) is 2. The van der Waals surface area contributed by atoms with Crippen molar-refractivity contribution in [2.75, 3.05) is 5.32 Å². The van der Waals surface area contributed by atoms with E-state index in [0.717, 1.165) is 11.4 Å². The van der Waals surface area contributed by atoms with Crippen LogP contribution in [0.1, 0.15) is 16.1 Å². The van der Waals surface area contributed by atoms with Crippen LogP contribution in [0.5, 0.6) is 0 Å². The van der Waals surface area contributed by atoms with Crippen LogP contribution in [0.15, 0.2) is 30.5 Å². The first-order valence-corrected chi connectivity index (χ1v) is 5.76. The fourth-order valence-electron chi connectivity index (χ4n) is 1.59. The molecule has 5 nitrogen and oxygen atoms in total. The van der Waals surface area contributed by atoms with Gasteiger partial charge in [0, 0.05) is 18.9 Å². The number of carbonyl (C=O) groups is 1. The molecule has 0 unspecified atom stereocenters. The fraction of sp³-hybridized carbons (Fsp3) is 0.167. The van der Waals surface area contributed by atoms with E-state index < -0.39 is 5.91 Å². The summed E-state index contributed by atoms with van der Waals surface area (Å²) < 4.78 is 1.78. The molecule has 18 heavy (non-hydrogen) atoms. The van der Waals surface area contributed by atoms with Gasteiger partial charge in [0.05, 0.1) is 22.8 Å². The van der Waals surface area contributed by atoms with Gasteiger partial charge < -0.3 is 11.1 Å². The van der Waals surface area contributed by atoms with Gasteiger partial charge in [-0.05, 0) is 24.3 Å². The van der Waals surface area contributed by atoms with E-state index in [2.05, 4.69) is 10.4 Å². The van der Waals surface area contributed by atoms with Crippen LogP contribution in [-0.2, 0) is 13.6 Å². The van der Waals surface area contributed by atoms with Crippen molar-refractivity contribution < 1.29 is 4.79 Å². The molecule has 0 aliphatic rings.